The minimum Gasteiger partial charge on any atom is -0.491 e. The van der Waals surface area contributed by atoms with Gasteiger partial charge in [0.15, 0.2) is 24.8 Å². The topological polar surface area (TPSA) is 349 Å². The van der Waals surface area contributed by atoms with Gasteiger partial charge in [0.2, 0.25) is 11.8 Å². The van der Waals surface area contributed by atoms with E-state index in [1.54, 1.807) is 41.7 Å². The van der Waals surface area contributed by atoms with Crippen LogP contribution in [0.2, 0.25) is 0 Å². The molecule has 0 atom stereocenters. The zero-order chi connectivity index (χ0) is 71.7. The van der Waals surface area contributed by atoms with Crippen LogP contribution in [0, 0.1) is 33.9 Å². The summed E-state index contributed by atoms with van der Waals surface area (Å²) in [5.74, 6) is 2.79. The number of likely N-dealkylation sites (tertiary alicyclic amines) is 3. The summed E-state index contributed by atoms with van der Waals surface area (Å²) >= 11 is 0. The van der Waals surface area contributed by atoms with Crippen molar-refractivity contribution in [2.45, 2.75) is 109 Å². The van der Waals surface area contributed by atoms with E-state index in [1.807, 2.05) is 6.92 Å². The average Bonchev–Trinajstić information content (AvgIpc) is 1.59. The van der Waals surface area contributed by atoms with Crippen LogP contribution in [0.5, 0.6) is 17.2 Å². The van der Waals surface area contributed by atoms with Crippen LogP contribution in [0.15, 0.2) is 92.0 Å². The Morgan fingerprint density at radius 3 is 1.22 bits per heavy atom. The Balaban J connectivity index is 0.000000161. The Kier molecular flexibility index (Phi) is 20.2. The van der Waals surface area contributed by atoms with Gasteiger partial charge in [0.1, 0.15) is 62.7 Å². The van der Waals surface area contributed by atoms with E-state index in [2.05, 4.69) is 40.3 Å². The van der Waals surface area contributed by atoms with Crippen LogP contribution in [-0.2, 0) is 14.4 Å². The highest BCUT2D eigenvalue weighted by molar-refractivity contribution is 6.05. The molecule has 12 N–H and O–H groups in total. The predicted molar refractivity (Wildman–Crippen MR) is 350 cm³/mol. The molecule has 526 valence electrons. The molecule has 0 radical (unpaired) electrons. The molecule has 3 aliphatic carbocycles. The molecule has 3 saturated heterocycles. The fraction of sp³-hybridized carbons (Fsp3) is 0.426. The third-order valence-corrected chi connectivity index (χ3v) is 19.2. The van der Waals surface area contributed by atoms with Crippen LogP contribution < -0.4 is 48.6 Å². The summed E-state index contributed by atoms with van der Waals surface area (Å²) in [6.45, 7) is 12.2. The average molecular weight is 1380 g/mol. The molecule has 3 aromatic carbocycles. The molecule has 24 nitrogen and oxygen atoms in total. The first-order valence-electron chi connectivity index (χ1n) is 31.9. The van der Waals surface area contributed by atoms with E-state index in [9.17, 15) is 59.5 Å². The van der Waals surface area contributed by atoms with Gasteiger partial charge in [-0.15, -0.1) is 0 Å². The van der Waals surface area contributed by atoms with Crippen molar-refractivity contribution in [2.75, 3.05) is 76.3 Å². The van der Waals surface area contributed by atoms with Crippen molar-refractivity contribution in [1.29, 1.82) is 0 Å². The number of carbonyl (C=O) groups excluding carboxylic acids is 6. The molecule has 6 heterocycles. The molecule has 12 rings (SSSR count). The molecule has 3 aromatic heterocycles. The lowest BCUT2D eigenvalue weighted by molar-refractivity contribution is -0.154. The van der Waals surface area contributed by atoms with Crippen LogP contribution >= 0.6 is 0 Å². The highest BCUT2D eigenvalue weighted by Gasteiger charge is 2.54. The van der Waals surface area contributed by atoms with E-state index < -0.39 is 49.1 Å². The maximum Gasteiger partial charge on any atom is 0.422 e. The normalized spacial score (nSPS) is 22.0. The highest BCUT2D eigenvalue weighted by atomic mass is 19.4. The molecule has 6 fully saturated rings. The van der Waals surface area contributed by atoms with Crippen molar-refractivity contribution in [3.8, 4) is 62.9 Å². The number of benzene rings is 3. The van der Waals surface area contributed by atoms with Crippen LogP contribution in [0.3, 0.4) is 0 Å². The van der Waals surface area contributed by atoms with Gasteiger partial charge in [0, 0.05) is 56.0 Å². The molecule has 3 spiro atoms. The number of halogens is 7. The van der Waals surface area contributed by atoms with Crippen molar-refractivity contribution < 1.29 is 73.7 Å². The fourth-order valence-corrected chi connectivity index (χ4v) is 14.4. The molecule has 99 heavy (non-hydrogen) atoms. The Bertz CT molecular complexity index is 4170. The zero-order valence-electron chi connectivity index (χ0n) is 54.4. The second kappa shape index (κ2) is 28.1. The lowest BCUT2D eigenvalue weighted by Gasteiger charge is -2.45. The van der Waals surface area contributed by atoms with Crippen molar-refractivity contribution in [3.63, 3.8) is 0 Å². The van der Waals surface area contributed by atoms with Gasteiger partial charge in [-0.05, 0) is 172 Å². The number of anilines is 3. The number of amides is 6. The van der Waals surface area contributed by atoms with Gasteiger partial charge >= 0.3 is 12.4 Å². The molecule has 6 amide bonds. The van der Waals surface area contributed by atoms with Gasteiger partial charge < -0.3 is 63.3 Å². The van der Waals surface area contributed by atoms with Crippen LogP contribution in [-0.4, -0.2) is 151 Å². The molecular formula is C68H76F7N15O9. The highest BCUT2D eigenvalue weighted by Crippen LogP contribution is 2.57. The number of primary amides is 3. The number of nitrogens with two attached hydrogens (primary N) is 6. The van der Waals surface area contributed by atoms with Gasteiger partial charge in [-0.25, -0.2) is 18.4 Å². The smallest absolute Gasteiger partial charge is 0.422 e. The van der Waals surface area contributed by atoms with Crippen molar-refractivity contribution >= 4 is 52.9 Å². The summed E-state index contributed by atoms with van der Waals surface area (Å²) in [5.41, 5.74) is 37.8. The van der Waals surface area contributed by atoms with Crippen molar-refractivity contribution in [1.82, 2.24) is 44.0 Å². The minimum atomic E-state index is -4.45. The lowest BCUT2D eigenvalue weighted by atomic mass is 9.65. The van der Waals surface area contributed by atoms with Crippen LogP contribution in [0.25, 0.3) is 33.8 Å². The number of aromatic nitrogens is 6. The second-order valence-corrected chi connectivity index (χ2v) is 26.1. The molecular weight excluding hydrogens is 1300 g/mol. The first kappa shape index (κ1) is 71.2. The predicted octanol–water partition coefficient (Wildman–Crippen LogP) is 8.56. The maximum absolute atomic E-state index is 14.5. The quantitative estimate of drug-likeness (QED) is 0.0267. The van der Waals surface area contributed by atoms with E-state index in [0.29, 0.717) is 62.6 Å². The molecule has 3 aliphatic heterocycles. The summed E-state index contributed by atoms with van der Waals surface area (Å²) in [6.07, 6.45) is 1.72. The molecule has 0 bridgehead atoms. The zero-order valence-corrected chi connectivity index (χ0v) is 54.4. The summed E-state index contributed by atoms with van der Waals surface area (Å²) < 4.78 is 108. The standard InChI is InChI=1S/C23H24F3N5O3.C23H28FN5O3.C22H24F3N5O3/c1-2-3-17(32)30-9-8-22(12-30)10-15(11-22)31-20(27)18(21(28)33)19(29-31)14-4-6-16(7-5-14)34-13-23(24,25)26;1-3-9-32-17-6-5-14(10-16(17)24)20-19(22(26)31)21(25)29(27-20)15-11-23(12-15)7-8-28(13-23)18(30)4-2;1-2-16(31)29-8-7-21(11-29)9-14(10-21)30-19(26)17(20(27)32)18(28-30)13-3-5-15(6-4-13)33-12-22(23,24)25/h4-7,15H,8-13,27H2,1H3,(H2,28,33);4-6,10,15H,2-3,7-9,11-13,25H2,1H3,(H2,26,31);2-6,14H,1,7-12,26H2,(H2,27,32). The Labute approximate surface area is 564 Å². The molecule has 6 aliphatic rings. The number of rotatable bonds is 18. The Morgan fingerprint density at radius 1 is 0.556 bits per heavy atom. The van der Waals surface area contributed by atoms with Crippen LogP contribution in [0.1, 0.15) is 127 Å². The number of nitrogen functional groups attached to an aromatic ring is 3. The first-order valence-corrected chi connectivity index (χ1v) is 31.9. The second-order valence-electron chi connectivity index (χ2n) is 26.1. The first-order chi connectivity index (χ1) is 46.8. The summed E-state index contributed by atoms with van der Waals surface area (Å²) in [5, 5.41) is 13.6. The monoisotopic (exact) mass is 1380 g/mol. The van der Waals surface area contributed by atoms with Crippen LogP contribution in [0.4, 0.5) is 48.2 Å². The third kappa shape index (κ3) is 15.3. The summed E-state index contributed by atoms with van der Waals surface area (Å²) in [6, 6.07) is 15.8. The minimum absolute atomic E-state index is 0.00769. The lowest BCUT2D eigenvalue weighted by Crippen LogP contribution is -2.42. The number of alkyl halides is 6. The molecule has 6 aromatic rings. The van der Waals surface area contributed by atoms with Crippen molar-refractivity contribution in [2.24, 2.45) is 33.4 Å². The van der Waals surface area contributed by atoms with Gasteiger partial charge in [0.05, 0.1) is 24.7 Å². The molecule has 31 heteroatoms. The Morgan fingerprint density at radius 2 is 0.899 bits per heavy atom. The van der Waals surface area contributed by atoms with Gasteiger partial charge in [-0.1, -0.05) is 26.0 Å². The maximum atomic E-state index is 14.5. The van der Waals surface area contributed by atoms with Gasteiger partial charge in [-0.2, -0.15) is 41.6 Å². The number of ether oxygens (including phenoxy) is 3. The molecule has 0 unspecified atom stereocenters. The van der Waals surface area contributed by atoms with Gasteiger partial charge in [0.25, 0.3) is 23.6 Å². The fourth-order valence-electron chi connectivity index (χ4n) is 14.4. The van der Waals surface area contributed by atoms with E-state index in [-0.39, 0.29) is 121 Å². The van der Waals surface area contributed by atoms with Crippen molar-refractivity contribution in [3.05, 3.63) is 115 Å². The SMILES string of the molecule is C=CC(=O)N1CCC2(CC(n3nc(-c4ccc(OCC(F)(F)F)cc4)c(C(N)=O)c3N)C2)C1.C=CC(=O)N1CCC2(CC(n3nc(-c4ccc(OCCC)c(F)c4)c(C(N)=O)c3N)C2)C1.CC#CC(=O)N1CCC2(CC(n3nc(-c4ccc(OCC(F)(F)F)cc4)c(C(N)=O)c3N)C2)C1. The largest absolute Gasteiger partial charge is 0.491 e. The van der Waals surface area contributed by atoms with E-state index >= 15 is 0 Å². The number of carbonyl (C=O) groups is 6. The molecule has 3 saturated carbocycles. The summed E-state index contributed by atoms with van der Waals surface area (Å²) in [7, 11) is 0. The van der Waals surface area contributed by atoms with E-state index in [4.69, 9.17) is 48.6 Å². The number of hydrogen-bond donors (Lipinski definition) is 6. The van der Waals surface area contributed by atoms with E-state index in [1.165, 1.54) is 72.8 Å². The number of nitrogens with zero attached hydrogens (tertiary/aromatic N) is 9. The van der Waals surface area contributed by atoms with Gasteiger partial charge in [-0.3, -0.25) is 28.8 Å². The Hall–Kier alpha value is -10.5. The number of hydrogen-bond acceptors (Lipinski definition) is 15. The van der Waals surface area contributed by atoms with E-state index in [0.717, 1.165) is 64.2 Å². The summed E-state index contributed by atoms with van der Waals surface area (Å²) in [4.78, 5) is 77.7. The third-order valence-electron chi connectivity index (χ3n) is 19.2.